The summed E-state index contributed by atoms with van der Waals surface area (Å²) in [6, 6.07) is 33.2. The molecular weight excluding hydrogens is 859 g/mol. The van der Waals surface area contributed by atoms with E-state index in [9.17, 15) is 24.6 Å². The van der Waals surface area contributed by atoms with Crippen molar-refractivity contribution in [2.45, 2.75) is 44.2 Å². The lowest BCUT2D eigenvalue weighted by atomic mass is 9.86. The van der Waals surface area contributed by atoms with E-state index in [2.05, 4.69) is 20.5 Å². The molecule has 2 bridgehead atoms. The first kappa shape index (κ1) is 44.5. The smallest absolute Gasteiger partial charge is 0.408 e. The van der Waals surface area contributed by atoms with Crippen molar-refractivity contribution in [3.05, 3.63) is 169 Å². The minimum Gasteiger partial charge on any atom is -0.506 e. The fraction of sp³-hybridized carbons (Fsp3) is 0.286. The number of pyridine rings is 1. The highest BCUT2D eigenvalue weighted by molar-refractivity contribution is 6.37. The number of nitrogens with one attached hydrogen (secondary N) is 3. The third kappa shape index (κ3) is 11.0. The van der Waals surface area contributed by atoms with Crippen LogP contribution in [0.1, 0.15) is 63.2 Å². The van der Waals surface area contributed by atoms with Crippen molar-refractivity contribution in [1.29, 1.82) is 0 Å². The fourth-order valence-electron chi connectivity index (χ4n) is 8.25. The molecule has 1 amide bonds. The number of H-pyrrole nitrogens is 1. The number of alkyl carbamates (subject to hydrolysis) is 1. The summed E-state index contributed by atoms with van der Waals surface area (Å²) in [5.74, 6) is 0.667. The van der Waals surface area contributed by atoms with Crippen molar-refractivity contribution in [1.82, 2.24) is 20.5 Å². The Hall–Kier alpha value is -6.09. The molecule has 15 heteroatoms. The first-order valence-corrected chi connectivity index (χ1v) is 21.9. The molecule has 0 aliphatic carbocycles. The van der Waals surface area contributed by atoms with E-state index in [0.717, 1.165) is 54.7 Å². The van der Waals surface area contributed by atoms with Crippen LogP contribution in [-0.4, -0.2) is 77.7 Å². The Morgan fingerprint density at radius 3 is 2.31 bits per heavy atom. The molecule has 0 spiro atoms. The maximum Gasteiger partial charge on any atom is 0.408 e. The molecule has 13 nitrogen and oxygen atoms in total. The van der Waals surface area contributed by atoms with Gasteiger partial charge >= 0.3 is 12.1 Å². The zero-order chi connectivity index (χ0) is 44.6. The standard InChI is InChI=1S/C49H48Cl2N4O9/c50-39-23-31(26-52-27-42(57)37-13-15-41(56)46-38(37)14-16-44(58)53-46)24-40(51)47(39)61-21-22-62-48(59)34-11-9-30(10-12-34)29-63-36-8-4-7-35(25-36)45(33-5-2-1-3-6-33)54-49(60)64-43-28-55-19-17-32(43)18-20-55/h1-16,23-25,32,42-43,45,52,56-57H,17-22,26-29H2,(H,53,58)(H,54,60)/t42-,43+,45?/m1/s1. The van der Waals surface area contributed by atoms with E-state index < -0.39 is 24.2 Å². The van der Waals surface area contributed by atoms with Crippen LogP contribution >= 0.6 is 23.2 Å². The van der Waals surface area contributed by atoms with Gasteiger partial charge in [-0.3, -0.25) is 9.69 Å². The summed E-state index contributed by atoms with van der Waals surface area (Å²) in [6.07, 6.45) is 0.635. The fourth-order valence-corrected chi connectivity index (χ4v) is 8.89. The van der Waals surface area contributed by atoms with Crippen molar-refractivity contribution in [2.75, 3.05) is 39.4 Å². The molecule has 3 fully saturated rings. The number of nitrogens with zero attached hydrogens (tertiary/aromatic N) is 1. The van der Waals surface area contributed by atoms with Crippen LogP contribution in [0.2, 0.25) is 10.0 Å². The molecule has 9 rings (SSSR count). The number of fused-ring (bicyclic) bond motifs is 4. The lowest BCUT2D eigenvalue weighted by Gasteiger charge is -2.43. The monoisotopic (exact) mass is 906 g/mol. The van der Waals surface area contributed by atoms with Gasteiger partial charge in [0, 0.05) is 31.1 Å². The number of ether oxygens (including phenoxy) is 4. The minimum absolute atomic E-state index is 0.00731. The number of aliphatic hydroxyl groups is 1. The van der Waals surface area contributed by atoms with Gasteiger partial charge in [-0.1, -0.05) is 83.9 Å². The number of hydrogen-bond acceptors (Lipinski definition) is 11. The van der Waals surface area contributed by atoms with Gasteiger partial charge in [-0.15, -0.1) is 0 Å². The van der Waals surface area contributed by atoms with Gasteiger partial charge in [0.25, 0.3) is 0 Å². The first-order chi connectivity index (χ1) is 31.1. The van der Waals surface area contributed by atoms with Crippen LogP contribution in [0.3, 0.4) is 0 Å². The number of aromatic amines is 1. The highest BCUT2D eigenvalue weighted by Gasteiger charge is 2.37. The number of phenols is 1. The predicted molar refractivity (Wildman–Crippen MR) is 243 cm³/mol. The summed E-state index contributed by atoms with van der Waals surface area (Å²) in [7, 11) is 0. The summed E-state index contributed by atoms with van der Waals surface area (Å²) in [5, 5.41) is 28.3. The zero-order valence-electron chi connectivity index (χ0n) is 34.8. The van der Waals surface area contributed by atoms with Crippen molar-refractivity contribution >= 4 is 46.2 Å². The van der Waals surface area contributed by atoms with E-state index in [1.165, 1.54) is 12.1 Å². The Bertz CT molecular complexity index is 2620. The van der Waals surface area contributed by atoms with Crippen molar-refractivity contribution in [2.24, 2.45) is 5.92 Å². The number of aliphatic hydroxyl groups excluding tert-OH is 1. The molecule has 3 aliphatic heterocycles. The highest BCUT2D eigenvalue weighted by atomic mass is 35.5. The number of carbonyl (C=O) groups is 2. The lowest BCUT2D eigenvalue weighted by molar-refractivity contribution is -0.0336. The van der Waals surface area contributed by atoms with E-state index >= 15 is 0 Å². The van der Waals surface area contributed by atoms with Crippen LogP contribution in [0.15, 0.2) is 120 Å². The Balaban J connectivity index is 0.785. The Kier molecular flexibility index (Phi) is 14.3. The maximum atomic E-state index is 13.2. The molecule has 64 heavy (non-hydrogen) atoms. The summed E-state index contributed by atoms with van der Waals surface area (Å²) in [4.78, 5) is 42.8. The van der Waals surface area contributed by atoms with Gasteiger partial charge in [-0.2, -0.15) is 0 Å². The van der Waals surface area contributed by atoms with Crippen LogP contribution in [0, 0.1) is 5.92 Å². The van der Waals surface area contributed by atoms with Gasteiger partial charge in [0.05, 0.1) is 33.3 Å². The number of amides is 1. The normalized spacial score (nSPS) is 17.6. The van der Waals surface area contributed by atoms with Gasteiger partial charge in [-0.25, -0.2) is 9.59 Å². The zero-order valence-corrected chi connectivity index (χ0v) is 36.3. The number of rotatable bonds is 17. The average Bonchev–Trinajstić information content (AvgIpc) is 3.30. The van der Waals surface area contributed by atoms with E-state index in [0.29, 0.717) is 34.7 Å². The van der Waals surface area contributed by atoms with Gasteiger partial charge < -0.3 is 44.8 Å². The molecule has 4 heterocycles. The van der Waals surface area contributed by atoms with Crippen LogP contribution in [0.25, 0.3) is 10.9 Å². The topological polar surface area (TPSA) is 172 Å². The summed E-state index contributed by atoms with van der Waals surface area (Å²) in [6.45, 7) is 3.61. The number of esters is 1. The Morgan fingerprint density at radius 2 is 1.58 bits per heavy atom. The second kappa shape index (κ2) is 20.6. The molecule has 0 radical (unpaired) electrons. The number of carbonyl (C=O) groups excluding carboxylic acids is 2. The van der Waals surface area contributed by atoms with Crippen LogP contribution < -0.4 is 25.7 Å². The van der Waals surface area contributed by atoms with Crippen molar-refractivity contribution in [3.8, 4) is 17.2 Å². The molecule has 5 N–H and O–H groups in total. The molecule has 3 aliphatic rings. The van der Waals surface area contributed by atoms with Gasteiger partial charge in [0.1, 0.15) is 37.4 Å². The second-order valence-corrected chi connectivity index (χ2v) is 16.7. The molecule has 332 valence electrons. The summed E-state index contributed by atoms with van der Waals surface area (Å²) < 4.78 is 23.3. The van der Waals surface area contributed by atoms with E-state index in [4.69, 9.17) is 42.1 Å². The summed E-state index contributed by atoms with van der Waals surface area (Å²) >= 11 is 13.0. The number of aromatic hydroxyl groups is 1. The molecule has 6 aromatic rings. The van der Waals surface area contributed by atoms with Crippen molar-refractivity contribution < 1.29 is 38.7 Å². The molecular formula is C49H48Cl2N4O9. The Morgan fingerprint density at radius 1 is 0.828 bits per heavy atom. The largest absolute Gasteiger partial charge is 0.506 e. The number of phenolic OH excluding ortho intramolecular Hbond substituents is 1. The molecule has 3 saturated heterocycles. The number of aromatic nitrogens is 1. The Labute approximate surface area is 379 Å². The predicted octanol–water partition coefficient (Wildman–Crippen LogP) is 8.09. The van der Waals surface area contributed by atoms with Gasteiger partial charge in [0.15, 0.2) is 5.75 Å². The lowest BCUT2D eigenvalue weighted by Crippen LogP contribution is -2.52. The second-order valence-electron chi connectivity index (χ2n) is 15.9. The van der Waals surface area contributed by atoms with Crippen LogP contribution in [0.4, 0.5) is 4.79 Å². The summed E-state index contributed by atoms with van der Waals surface area (Å²) in [5.41, 5.74) is 4.15. The van der Waals surface area contributed by atoms with Crippen molar-refractivity contribution in [3.63, 3.8) is 0 Å². The number of piperidine rings is 3. The van der Waals surface area contributed by atoms with Crippen LogP contribution in [0.5, 0.6) is 17.2 Å². The van der Waals surface area contributed by atoms with Gasteiger partial charge in [0.2, 0.25) is 5.56 Å². The molecule has 0 saturated carbocycles. The average molecular weight is 908 g/mol. The third-order valence-electron chi connectivity index (χ3n) is 11.6. The quantitative estimate of drug-likeness (QED) is 0.0443. The SMILES string of the molecule is O=C(NC(c1ccccc1)c1cccc(OCc2ccc(C(=O)OCCOc3c(Cl)cc(CNC[C@@H](O)c4ccc(O)c5[nH]c(=O)ccc45)cc3Cl)cc2)c1)O[C@H]1CN2CCC1CC2. The van der Waals surface area contributed by atoms with E-state index in [-0.39, 0.29) is 65.1 Å². The van der Waals surface area contributed by atoms with Crippen LogP contribution in [-0.2, 0) is 22.6 Å². The maximum absolute atomic E-state index is 13.2. The first-order valence-electron chi connectivity index (χ1n) is 21.2. The molecule has 3 atom stereocenters. The van der Waals surface area contributed by atoms with E-state index in [1.54, 1.807) is 48.5 Å². The highest BCUT2D eigenvalue weighted by Crippen LogP contribution is 2.35. The molecule has 5 aromatic carbocycles. The number of benzene rings is 5. The third-order valence-corrected chi connectivity index (χ3v) is 12.2. The number of hydrogen-bond donors (Lipinski definition) is 5. The van der Waals surface area contributed by atoms with Gasteiger partial charge in [-0.05, 0) is 108 Å². The molecule has 1 aromatic heterocycles. The number of halogens is 2. The molecule has 1 unspecified atom stereocenters. The van der Waals surface area contributed by atoms with E-state index in [1.807, 2.05) is 54.6 Å². The minimum atomic E-state index is -0.936.